The number of nitrogens with one attached hydrogen (secondary N) is 3. The second-order valence-electron chi connectivity index (χ2n) is 5.90. The maximum atomic E-state index is 12.1. The van der Waals surface area contributed by atoms with Gasteiger partial charge < -0.3 is 16.0 Å². The van der Waals surface area contributed by atoms with E-state index in [-0.39, 0.29) is 22.8 Å². The van der Waals surface area contributed by atoms with Crippen molar-refractivity contribution in [3.8, 4) is 0 Å². The standard InChI is InChI=1S/C18H25N3O2S/c1-13-3-5-16(6-4-13)21-17(22)12-24-14(2)18(23)20-11-15-7-9-19-10-8-15/h3-7,14,19H,8-12H2,1-2H3,(H,20,23)(H,21,22). The van der Waals surface area contributed by atoms with Gasteiger partial charge in [0.25, 0.3) is 0 Å². The summed E-state index contributed by atoms with van der Waals surface area (Å²) >= 11 is 1.35. The number of amides is 2. The van der Waals surface area contributed by atoms with Gasteiger partial charge in [-0.15, -0.1) is 11.8 Å². The van der Waals surface area contributed by atoms with Gasteiger partial charge in [-0.3, -0.25) is 9.59 Å². The number of anilines is 1. The first kappa shape index (κ1) is 18.5. The number of carbonyl (C=O) groups excluding carboxylic acids is 2. The van der Waals surface area contributed by atoms with Gasteiger partial charge >= 0.3 is 0 Å². The van der Waals surface area contributed by atoms with Crippen molar-refractivity contribution in [1.82, 2.24) is 10.6 Å². The van der Waals surface area contributed by atoms with Gasteiger partial charge in [-0.2, -0.15) is 0 Å². The van der Waals surface area contributed by atoms with Crippen LogP contribution in [0.15, 0.2) is 35.9 Å². The van der Waals surface area contributed by atoms with Crippen molar-refractivity contribution in [3.63, 3.8) is 0 Å². The molecule has 2 amide bonds. The van der Waals surface area contributed by atoms with Crippen molar-refractivity contribution in [2.45, 2.75) is 25.5 Å². The highest BCUT2D eigenvalue weighted by Gasteiger charge is 2.15. The molecule has 1 aliphatic heterocycles. The highest BCUT2D eigenvalue weighted by atomic mass is 32.2. The minimum atomic E-state index is -0.254. The van der Waals surface area contributed by atoms with Crippen LogP contribution in [0, 0.1) is 6.92 Å². The predicted molar refractivity (Wildman–Crippen MR) is 100 cm³/mol. The van der Waals surface area contributed by atoms with Crippen LogP contribution in [0.1, 0.15) is 18.9 Å². The van der Waals surface area contributed by atoms with E-state index >= 15 is 0 Å². The number of carbonyl (C=O) groups is 2. The van der Waals surface area contributed by atoms with Crippen molar-refractivity contribution in [3.05, 3.63) is 41.5 Å². The Morgan fingerprint density at radius 2 is 2.04 bits per heavy atom. The lowest BCUT2D eigenvalue weighted by Crippen LogP contribution is -2.34. The van der Waals surface area contributed by atoms with Crippen LogP contribution in [0.25, 0.3) is 0 Å². The van der Waals surface area contributed by atoms with Gasteiger partial charge in [0.05, 0.1) is 11.0 Å². The number of aryl methyl sites for hydroxylation is 1. The van der Waals surface area contributed by atoms with Gasteiger partial charge in [-0.05, 0) is 38.9 Å². The first-order chi connectivity index (χ1) is 11.5. The van der Waals surface area contributed by atoms with E-state index in [1.807, 2.05) is 38.1 Å². The summed E-state index contributed by atoms with van der Waals surface area (Å²) in [6.45, 7) is 6.26. The Labute approximate surface area is 147 Å². The van der Waals surface area contributed by atoms with E-state index in [0.29, 0.717) is 6.54 Å². The number of hydrogen-bond acceptors (Lipinski definition) is 4. The fraction of sp³-hybridized carbons (Fsp3) is 0.444. The first-order valence-corrected chi connectivity index (χ1v) is 9.24. The third kappa shape index (κ3) is 6.37. The summed E-state index contributed by atoms with van der Waals surface area (Å²) in [4.78, 5) is 24.0. The zero-order valence-corrected chi connectivity index (χ0v) is 15.0. The molecule has 0 saturated heterocycles. The van der Waals surface area contributed by atoms with Crippen molar-refractivity contribution in [2.24, 2.45) is 0 Å². The molecule has 0 aliphatic carbocycles. The van der Waals surface area contributed by atoms with Gasteiger partial charge in [0.15, 0.2) is 0 Å². The summed E-state index contributed by atoms with van der Waals surface area (Å²) in [5, 5.41) is 8.77. The molecule has 1 aromatic rings. The summed E-state index contributed by atoms with van der Waals surface area (Å²) in [6.07, 6.45) is 3.09. The van der Waals surface area contributed by atoms with Gasteiger partial charge in [0, 0.05) is 18.8 Å². The molecule has 0 bridgehead atoms. The molecule has 24 heavy (non-hydrogen) atoms. The number of benzene rings is 1. The van der Waals surface area contributed by atoms with E-state index in [4.69, 9.17) is 0 Å². The molecule has 130 valence electrons. The quantitative estimate of drug-likeness (QED) is 0.661. The summed E-state index contributed by atoms with van der Waals surface area (Å²) < 4.78 is 0. The Kier molecular flexibility index (Phi) is 7.34. The lowest BCUT2D eigenvalue weighted by Gasteiger charge is -2.16. The lowest BCUT2D eigenvalue weighted by atomic mass is 10.1. The SMILES string of the molecule is Cc1ccc(NC(=O)CSC(C)C(=O)NCC2=CCNCC2)cc1. The van der Waals surface area contributed by atoms with Crippen LogP contribution >= 0.6 is 11.8 Å². The van der Waals surface area contributed by atoms with Gasteiger partial charge in [-0.1, -0.05) is 29.3 Å². The van der Waals surface area contributed by atoms with Crippen LogP contribution in [0.4, 0.5) is 5.69 Å². The zero-order valence-electron chi connectivity index (χ0n) is 14.2. The molecule has 0 aromatic heterocycles. The molecule has 5 nitrogen and oxygen atoms in total. The second kappa shape index (κ2) is 9.49. The summed E-state index contributed by atoms with van der Waals surface area (Å²) in [5.41, 5.74) is 3.19. The van der Waals surface area contributed by atoms with Gasteiger partial charge in [-0.25, -0.2) is 0 Å². The van der Waals surface area contributed by atoms with Crippen molar-refractivity contribution in [1.29, 1.82) is 0 Å². The Morgan fingerprint density at radius 1 is 1.29 bits per heavy atom. The first-order valence-electron chi connectivity index (χ1n) is 8.19. The molecule has 0 fully saturated rings. The number of rotatable bonds is 7. The Bertz CT molecular complexity index is 599. The topological polar surface area (TPSA) is 70.2 Å². The van der Waals surface area contributed by atoms with Gasteiger partial charge in [0.2, 0.25) is 11.8 Å². The van der Waals surface area contributed by atoms with Crippen LogP contribution in [-0.4, -0.2) is 42.5 Å². The monoisotopic (exact) mass is 347 g/mol. The number of thioether (sulfide) groups is 1. The van der Waals surface area contributed by atoms with E-state index in [0.717, 1.165) is 30.8 Å². The van der Waals surface area contributed by atoms with E-state index in [2.05, 4.69) is 22.0 Å². The molecular formula is C18H25N3O2S. The fourth-order valence-electron chi connectivity index (χ4n) is 2.28. The highest BCUT2D eigenvalue weighted by molar-refractivity contribution is 8.01. The smallest absolute Gasteiger partial charge is 0.234 e. The maximum absolute atomic E-state index is 12.1. The highest BCUT2D eigenvalue weighted by Crippen LogP contribution is 2.13. The average Bonchev–Trinajstić information content (AvgIpc) is 2.60. The molecule has 6 heteroatoms. The third-order valence-electron chi connectivity index (χ3n) is 3.82. The van der Waals surface area contributed by atoms with Crippen molar-refractivity contribution in [2.75, 3.05) is 30.7 Å². The molecule has 1 aromatic carbocycles. The minimum Gasteiger partial charge on any atom is -0.351 e. The van der Waals surface area contributed by atoms with E-state index in [1.54, 1.807) is 0 Å². The van der Waals surface area contributed by atoms with Crippen LogP contribution in [0.5, 0.6) is 0 Å². The number of hydrogen-bond donors (Lipinski definition) is 3. The molecule has 3 N–H and O–H groups in total. The molecule has 1 atom stereocenters. The summed E-state index contributed by atoms with van der Waals surface area (Å²) in [5.74, 6) is 0.141. The molecule has 0 saturated carbocycles. The Balaban J connectivity index is 1.68. The summed E-state index contributed by atoms with van der Waals surface area (Å²) in [6, 6.07) is 7.66. The zero-order chi connectivity index (χ0) is 17.4. The van der Waals surface area contributed by atoms with E-state index < -0.39 is 0 Å². The molecule has 0 spiro atoms. The van der Waals surface area contributed by atoms with E-state index in [9.17, 15) is 9.59 Å². The average molecular weight is 347 g/mol. The molecule has 1 aliphatic rings. The molecule has 2 rings (SSSR count). The maximum Gasteiger partial charge on any atom is 0.234 e. The van der Waals surface area contributed by atoms with Crippen molar-refractivity contribution >= 4 is 29.3 Å². The lowest BCUT2D eigenvalue weighted by molar-refractivity contribution is -0.120. The summed E-state index contributed by atoms with van der Waals surface area (Å²) in [7, 11) is 0. The molecule has 1 unspecified atom stereocenters. The largest absolute Gasteiger partial charge is 0.351 e. The normalized spacial score (nSPS) is 15.3. The molecular weight excluding hydrogens is 322 g/mol. The predicted octanol–water partition coefficient (Wildman–Crippen LogP) is 2.09. The minimum absolute atomic E-state index is 0.0254. The van der Waals surface area contributed by atoms with E-state index in [1.165, 1.54) is 17.3 Å². The van der Waals surface area contributed by atoms with Crippen LogP contribution in [0.2, 0.25) is 0 Å². The Morgan fingerprint density at radius 3 is 2.71 bits per heavy atom. The Hall–Kier alpha value is -1.79. The van der Waals surface area contributed by atoms with Crippen LogP contribution in [-0.2, 0) is 9.59 Å². The third-order valence-corrected chi connectivity index (χ3v) is 4.96. The fourth-order valence-corrected chi connectivity index (χ4v) is 2.99. The van der Waals surface area contributed by atoms with Crippen molar-refractivity contribution < 1.29 is 9.59 Å². The van der Waals surface area contributed by atoms with Crippen LogP contribution in [0.3, 0.4) is 0 Å². The van der Waals surface area contributed by atoms with Crippen LogP contribution < -0.4 is 16.0 Å². The molecule has 1 heterocycles. The second-order valence-corrected chi connectivity index (χ2v) is 7.23. The van der Waals surface area contributed by atoms with Gasteiger partial charge in [0.1, 0.15) is 0 Å². The molecule has 0 radical (unpaired) electrons.